The van der Waals surface area contributed by atoms with Crippen LogP contribution >= 0.6 is 0 Å². The highest BCUT2D eigenvalue weighted by molar-refractivity contribution is 5.73. The van der Waals surface area contributed by atoms with Crippen molar-refractivity contribution in [3.05, 3.63) is 12.2 Å². The summed E-state index contributed by atoms with van der Waals surface area (Å²) in [6, 6.07) is 0. The molecule has 0 bridgehead atoms. The number of hydrogen-bond donors (Lipinski definition) is 2. The normalized spacial score (nSPS) is 11.3. The molecule has 0 aromatic carbocycles. The third-order valence-electron chi connectivity index (χ3n) is 4.24. The van der Waals surface area contributed by atoms with E-state index in [1.807, 2.05) is 0 Å². The second-order valence-corrected chi connectivity index (χ2v) is 6.58. The van der Waals surface area contributed by atoms with Crippen LogP contribution in [0.2, 0.25) is 0 Å². The molecule has 0 aliphatic heterocycles. The number of carbonyl (C=O) groups is 1. The van der Waals surface area contributed by atoms with Gasteiger partial charge in [-0.3, -0.25) is 4.79 Å². The summed E-state index contributed by atoms with van der Waals surface area (Å²) >= 11 is 0. The first-order valence-corrected chi connectivity index (χ1v) is 9.81. The highest BCUT2D eigenvalue weighted by atomic mass is 16.2. The lowest BCUT2D eigenvalue weighted by molar-refractivity contribution is -0.118. The quantitative estimate of drug-likeness (QED) is 0.266. The van der Waals surface area contributed by atoms with Crippen LogP contribution in [-0.2, 0) is 4.79 Å². The number of amides is 1. The van der Waals surface area contributed by atoms with E-state index in [1.165, 1.54) is 77.0 Å². The van der Waals surface area contributed by atoms with E-state index in [4.69, 9.17) is 10.8 Å². The Balaban J connectivity index is 3.07. The molecule has 0 fully saturated rings. The van der Waals surface area contributed by atoms with Gasteiger partial charge in [-0.05, 0) is 38.5 Å². The fraction of sp³-hybridized carbons (Fsp3) is 0.850. The predicted octanol–water partition coefficient (Wildman–Crippen LogP) is 5.26. The summed E-state index contributed by atoms with van der Waals surface area (Å²) in [5, 5.41) is 8.69. The lowest BCUT2D eigenvalue weighted by Gasteiger charge is -2.00. The molecule has 0 aliphatic rings. The minimum absolute atomic E-state index is 0.172. The van der Waals surface area contributed by atoms with E-state index in [0.717, 1.165) is 19.3 Å². The van der Waals surface area contributed by atoms with Crippen LogP contribution in [0.25, 0.3) is 0 Å². The molecule has 0 radical (unpaired) electrons. The van der Waals surface area contributed by atoms with E-state index >= 15 is 0 Å². The van der Waals surface area contributed by atoms with E-state index < -0.39 is 0 Å². The van der Waals surface area contributed by atoms with Crippen LogP contribution in [0.15, 0.2) is 12.2 Å². The van der Waals surface area contributed by atoms with E-state index in [9.17, 15) is 4.79 Å². The van der Waals surface area contributed by atoms with Crippen molar-refractivity contribution in [2.45, 2.75) is 103 Å². The molecule has 1 amide bonds. The Labute approximate surface area is 143 Å². The molecule has 0 heterocycles. The topological polar surface area (TPSA) is 63.3 Å². The van der Waals surface area contributed by atoms with Crippen molar-refractivity contribution < 1.29 is 9.90 Å². The minimum atomic E-state index is -0.172. The van der Waals surface area contributed by atoms with Gasteiger partial charge in [-0.25, -0.2) is 0 Å². The van der Waals surface area contributed by atoms with E-state index in [0.29, 0.717) is 13.0 Å². The standard InChI is InChI=1S/C20H39NO2/c21-20(23)18-16-14-12-10-8-6-4-2-1-3-5-7-9-11-13-15-17-19-22/h2,4,22H,1,3,5-19H2,(H2,21,23). The first kappa shape index (κ1) is 22.2. The highest BCUT2D eigenvalue weighted by Crippen LogP contribution is 2.11. The van der Waals surface area contributed by atoms with Gasteiger partial charge in [0.25, 0.3) is 0 Å². The van der Waals surface area contributed by atoms with Crippen molar-refractivity contribution in [3.63, 3.8) is 0 Å². The number of rotatable bonds is 18. The first-order chi connectivity index (χ1) is 11.3. The number of primary amides is 1. The Morgan fingerprint density at radius 2 is 1.04 bits per heavy atom. The summed E-state index contributed by atoms with van der Waals surface area (Å²) in [4.78, 5) is 10.6. The Morgan fingerprint density at radius 3 is 1.48 bits per heavy atom. The predicted molar refractivity (Wildman–Crippen MR) is 99.3 cm³/mol. The number of nitrogens with two attached hydrogens (primary N) is 1. The Hall–Kier alpha value is -0.830. The zero-order chi connectivity index (χ0) is 17.0. The summed E-state index contributed by atoms with van der Waals surface area (Å²) in [5.74, 6) is -0.172. The Bertz CT molecular complexity index is 277. The molecular formula is C20H39NO2. The third kappa shape index (κ3) is 21.2. The smallest absolute Gasteiger partial charge is 0.217 e. The average molecular weight is 326 g/mol. The monoisotopic (exact) mass is 325 g/mol. The van der Waals surface area contributed by atoms with Gasteiger partial charge in [0.1, 0.15) is 0 Å². The van der Waals surface area contributed by atoms with Gasteiger partial charge in [0.2, 0.25) is 5.91 Å². The molecule has 0 saturated heterocycles. The summed E-state index contributed by atoms with van der Waals surface area (Å²) in [6.45, 7) is 0.349. The number of hydrogen-bond acceptors (Lipinski definition) is 2. The van der Waals surface area contributed by atoms with Crippen molar-refractivity contribution in [1.82, 2.24) is 0 Å². The minimum Gasteiger partial charge on any atom is -0.396 e. The van der Waals surface area contributed by atoms with Crippen LogP contribution in [-0.4, -0.2) is 17.6 Å². The van der Waals surface area contributed by atoms with E-state index in [1.54, 1.807) is 0 Å². The van der Waals surface area contributed by atoms with Crippen molar-refractivity contribution in [2.75, 3.05) is 6.61 Å². The average Bonchev–Trinajstić information content (AvgIpc) is 2.53. The maximum Gasteiger partial charge on any atom is 0.217 e. The third-order valence-corrected chi connectivity index (χ3v) is 4.24. The molecule has 3 heteroatoms. The van der Waals surface area contributed by atoms with Crippen molar-refractivity contribution in [1.29, 1.82) is 0 Å². The molecule has 136 valence electrons. The molecule has 23 heavy (non-hydrogen) atoms. The summed E-state index contributed by atoms with van der Waals surface area (Å²) in [6.07, 6.45) is 23.6. The zero-order valence-corrected chi connectivity index (χ0v) is 15.1. The SMILES string of the molecule is NC(=O)CCCCCCCC=CCCCCCCCCCCO. The number of unbranched alkanes of at least 4 members (excludes halogenated alkanes) is 13. The number of allylic oxidation sites excluding steroid dienone is 2. The van der Waals surface area contributed by atoms with Crippen LogP contribution in [0, 0.1) is 0 Å². The molecule has 0 saturated carbocycles. The fourth-order valence-electron chi connectivity index (χ4n) is 2.76. The Kier molecular flexibility index (Phi) is 18.5. The van der Waals surface area contributed by atoms with Gasteiger partial charge in [0.05, 0.1) is 0 Å². The maximum absolute atomic E-state index is 10.6. The molecule has 3 nitrogen and oxygen atoms in total. The molecule has 0 rings (SSSR count). The molecule has 0 aliphatic carbocycles. The summed E-state index contributed by atoms with van der Waals surface area (Å²) in [7, 11) is 0. The van der Waals surface area contributed by atoms with E-state index in [2.05, 4.69) is 12.2 Å². The van der Waals surface area contributed by atoms with Crippen LogP contribution in [0.5, 0.6) is 0 Å². The van der Waals surface area contributed by atoms with Gasteiger partial charge in [-0.15, -0.1) is 0 Å². The largest absolute Gasteiger partial charge is 0.396 e. The number of carbonyl (C=O) groups excluding carboxylic acids is 1. The Morgan fingerprint density at radius 1 is 0.652 bits per heavy atom. The molecule has 0 spiro atoms. The summed E-state index contributed by atoms with van der Waals surface area (Å²) < 4.78 is 0. The molecule has 0 atom stereocenters. The van der Waals surface area contributed by atoms with Crippen molar-refractivity contribution in [2.24, 2.45) is 5.73 Å². The number of aliphatic hydroxyl groups is 1. The van der Waals surface area contributed by atoms with Gasteiger partial charge in [0.15, 0.2) is 0 Å². The van der Waals surface area contributed by atoms with Crippen LogP contribution in [0.4, 0.5) is 0 Å². The van der Waals surface area contributed by atoms with Gasteiger partial charge in [-0.2, -0.15) is 0 Å². The van der Waals surface area contributed by atoms with Crippen molar-refractivity contribution >= 4 is 5.91 Å². The van der Waals surface area contributed by atoms with Crippen molar-refractivity contribution in [3.8, 4) is 0 Å². The second-order valence-electron chi connectivity index (χ2n) is 6.58. The lowest BCUT2D eigenvalue weighted by Crippen LogP contribution is -2.09. The maximum atomic E-state index is 10.6. The van der Waals surface area contributed by atoms with E-state index in [-0.39, 0.29) is 5.91 Å². The lowest BCUT2D eigenvalue weighted by atomic mass is 10.1. The van der Waals surface area contributed by atoms with Gasteiger partial charge < -0.3 is 10.8 Å². The fourth-order valence-corrected chi connectivity index (χ4v) is 2.76. The zero-order valence-electron chi connectivity index (χ0n) is 15.1. The van der Waals surface area contributed by atoms with Crippen LogP contribution in [0.3, 0.4) is 0 Å². The number of aliphatic hydroxyl groups excluding tert-OH is 1. The highest BCUT2D eigenvalue weighted by Gasteiger charge is 1.94. The van der Waals surface area contributed by atoms with Gasteiger partial charge in [0, 0.05) is 13.0 Å². The molecule has 0 aromatic rings. The van der Waals surface area contributed by atoms with Gasteiger partial charge in [-0.1, -0.05) is 69.9 Å². The van der Waals surface area contributed by atoms with Crippen LogP contribution in [0.1, 0.15) is 103 Å². The first-order valence-electron chi connectivity index (χ1n) is 9.81. The molecule has 3 N–H and O–H groups in total. The van der Waals surface area contributed by atoms with Gasteiger partial charge >= 0.3 is 0 Å². The second kappa shape index (κ2) is 19.2. The van der Waals surface area contributed by atoms with Crippen LogP contribution < -0.4 is 5.73 Å². The molecule has 0 unspecified atom stereocenters. The summed E-state index contributed by atoms with van der Waals surface area (Å²) in [5.41, 5.74) is 5.11. The molecular weight excluding hydrogens is 286 g/mol. The molecule has 0 aromatic heterocycles.